The molecule has 0 aromatic heterocycles. The van der Waals surface area contributed by atoms with Crippen LogP contribution in [0, 0.1) is 11.8 Å². The van der Waals surface area contributed by atoms with E-state index in [1.54, 1.807) is 0 Å². The SMILES string of the molecule is CC(C=O)C1CCC=CCCC=CCCC1. The molecule has 1 aliphatic carbocycles. The summed E-state index contributed by atoms with van der Waals surface area (Å²) in [6, 6.07) is 0. The lowest BCUT2D eigenvalue weighted by molar-refractivity contribution is -0.112. The number of carbonyl (C=O) groups is 1. The van der Waals surface area contributed by atoms with Crippen molar-refractivity contribution in [3.63, 3.8) is 0 Å². The molecule has 1 heteroatoms. The van der Waals surface area contributed by atoms with E-state index in [1.165, 1.54) is 32.1 Å². The van der Waals surface area contributed by atoms with Gasteiger partial charge in [0.1, 0.15) is 6.29 Å². The van der Waals surface area contributed by atoms with Crippen LogP contribution in [0.2, 0.25) is 0 Å². The van der Waals surface area contributed by atoms with Gasteiger partial charge in [0.05, 0.1) is 0 Å². The molecule has 2 unspecified atom stereocenters. The smallest absolute Gasteiger partial charge is 0.123 e. The standard InChI is InChI=1S/C15H24O/c1-14(13-16)15-11-9-7-5-3-2-4-6-8-10-12-15/h3,5-6,8,13-15H,2,4,7,9-12H2,1H3. The van der Waals surface area contributed by atoms with Crippen LogP contribution < -0.4 is 0 Å². The molecule has 0 amide bonds. The van der Waals surface area contributed by atoms with Crippen molar-refractivity contribution in [1.29, 1.82) is 0 Å². The Morgan fingerprint density at radius 2 is 1.62 bits per heavy atom. The molecular formula is C15H24O. The van der Waals surface area contributed by atoms with Crippen LogP contribution in [0.15, 0.2) is 24.3 Å². The zero-order valence-electron chi connectivity index (χ0n) is 10.4. The Hall–Kier alpha value is -0.850. The molecule has 0 aliphatic heterocycles. The zero-order valence-corrected chi connectivity index (χ0v) is 10.4. The van der Waals surface area contributed by atoms with Gasteiger partial charge in [0.25, 0.3) is 0 Å². The molecule has 0 aromatic rings. The molecule has 2 atom stereocenters. The normalized spacial score (nSPS) is 25.4. The summed E-state index contributed by atoms with van der Waals surface area (Å²) in [6.45, 7) is 2.06. The van der Waals surface area contributed by atoms with E-state index in [9.17, 15) is 4.79 Å². The summed E-state index contributed by atoms with van der Waals surface area (Å²) in [7, 11) is 0. The summed E-state index contributed by atoms with van der Waals surface area (Å²) in [5.41, 5.74) is 0. The van der Waals surface area contributed by atoms with Crippen molar-refractivity contribution in [2.24, 2.45) is 11.8 Å². The summed E-state index contributed by atoms with van der Waals surface area (Å²) >= 11 is 0. The molecule has 90 valence electrons. The quantitative estimate of drug-likeness (QED) is 0.501. The molecule has 0 spiro atoms. The Morgan fingerprint density at radius 3 is 2.31 bits per heavy atom. The van der Waals surface area contributed by atoms with Crippen molar-refractivity contribution >= 4 is 6.29 Å². The summed E-state index contributed by atoms with van der Waals surface area (Å²) in [4.78, 5) is 10.8. The van der Waals surface area contributed by atoms with Crippen LogP contribution in [0.25, 0.3) is 0 Å². The molecule has 0 saturated carbocycles. The molecule has 0 saturated heterocycles. The predicted molar refractivity (Wildman–Crippen MR) is 69.3 cm³/mol. The van der Waals surface area contributed by atoms with E-state index in [1.807, 2.05) is 0 Å². The van der Waals surface area contributed by atoms with Gasteiger partial charge in [0, 0.05) is 5.92 Å². The van der Waals surface area contributed by atoms with Crippen molar-refractivity contribution in [2.75, 3.05) is 0 Å². The molecule has 0 bridgehead atoms. The molecule has 0 N–H and O–H groups in total. The highest BCUT2D eigenvalue weighted by atomic mass is 16.1. The van der Waals surface area contributed by atoms with Gasteiger partial charge in [-0.3, -0.25) is 0 Å². The summed E-state index contributed by atoms with van der Waals surface area (Å²) in [5.74, 6) is 0.801. The van der Waals surface area contributed by atoms with Crippen LogP contribution in [0.4, 0.5) is 0 Å². The first kappa shape index (κ1) is 13.2. The summed E-state index contributed by atoms with van der Waals surface area (Å²) in [5, 5.41) is 0. The van der Waals surface area contributed by atoms with E-state index in [4.69, 9.17) is 0 Å². The number of hydrogen-bond acceptors (Lipinski definition) is 1. The topological polar surface area (TPSA) is 17.1 Å². The van der Waals surface area contributed by atoms with Crippen LogP contribution in [0.1, 0.15) is 51.9 Å². The van der Waals surface area contributed by atoms with Gasteiger partial charge in [-0.15, -0.1) is 0 Å². The average molecular weight is 220 g/mol. The molecule has 0 radical (unpaired) electrons. The molecule has 1 nitrogen and oxygen atoms in total. The van der Waals surface area contributed by atoms with Gasteiger partial charge in [-0.1, -0.05) is 31.2 Å². The first-order valence-corrected chi connectivity index (χ1v) is 6.60. The predicted octanol–water partition coefficient (Wildman–Crippen LogP) is 4.29. The number of hydrogen-bond donors (Lipinski definition) is 0. The molecule has 1 rings (SSSR count). The fourth-order valence-electron chi connectivity index (χ4n) is 2.25. The highest BCUT2D eigenvalue weighted by molar-refractivity contribution is 5.53. The van der Waals surface area contributed by atoms with E-state index >= 15 is 0 Å². The second-order valence-electron chi connectivity index (χ2n) is 4.78. The summed E-state index contributed by atoms with van der Waals surface area (Å²) < 4.78 is 0. The highest BCUT2D eigenvalue weighted by Gasteiger charge is 2.15. The van der Waals surface area contributed by atoms with Crippen LogP contribution in [0.3, 0.4) is 0 Å². The number of carbonyl (C=O) groups excluding carboxylic acids is 1. The second kappa shape index (κ2) is 8.32. The van der Waals surface area contributed by atoms with Gasteiger partial charge in [-0.25, -0.2) is 0 Å². The molecule has 1 aliphatic rings. The highest BCUT2D eigenvalue weighted by Crippen LogP contribution is 2.23. The van der Waals surface area contributed by atoms with Gasteiger partial charge in [-0.2, -0.15) is 0 Å². The third-order valence-corrected chi connectivity index (χ3v) is 3.44. The second-order valence-corrected chi connectivity index (χ2v) is 4.78. The minimum Gasteiger partial charge on any atom is -0.303 e. The van der Waals surface area contributed by atoms with Crippen molar-refractivity contribution in [2.45, 2.75) is 51.9 Å². The van der Waals surface area contributed by atoms with Crippen molar-refractivity contribution in [3.8, 4) is 0 Å². The third kappa shape index (κ3) is 5.29. The maximum absolute atomic E-state index is 10.8. The molecule has 0 fully saturated rings. The summed E-state index contributed by atoms with van der Waals surface area (Å²) in [6.07, 6.45) is 18.5. The number of rotatable bonds is 2. The Kier molecular flexibility index (Phi) is 6.87. The Balaban J connectivity index is 2.47. The Labute approximate surface area is 99.6 Å². The van der Waals surface area contributed by atoms with Crippen LogP contribution in [-0.2, 0) is 4.79 Å². The fraction of sp³-hybridized carbons (Fsp3) is 0.667. The number of aldehydes is 1. The Morgan fingerprint density at radius 1 is 1.00 bits per heavy atom. The van der Waals surface area contributed by atoms with Gasteiger partial charge >= 0.3 is 0 Å². The zero-order chi connectivity index (χ0) is 11.6. The lowest BCUT2D eigenvalue weighted by atomic mass is 9.86. The van der Waals surface area contributed by atoms with Crippen LogP contribution in [-0.4, -0.2) is 6.29 Å². The third-order valence-electron chi connectivity index (χ3n) is 3.44. The van der Waals surface area contributed by atoms with Crippen molar-refractivity contribution in [3.05, 3.63) is 24.3 Å². The largest absolute Gasteiger partial charge is 0.303 e. The van der Waals surface area contributed by atoms with Crippen LogP contribution >= 0.6 is 0 Å². The van der Waals surface area contributed by atoms with Crippen molar-refractivity contribution in [1.82, 2.24) is 0 Å². The van der Waals surface area contributed by atoms with Gasteiger partial charge in [0.2, 0.25) is 0 Å². The minimum absolute atomic E-state index is 0.223. The molecule has 16 heavy (non-hydrogen) atoms. The number of allylic oxidation sites excluding steroid dienone is 4. The van der Waals surface area contributed by atoms with Crippen molar-refractivity contribution < 1.29 is 4.79 Å². The first-order valence-electron chi connectivity index (χ1n) is 6.60. The van der Waals surface area contributed by atoms with Crippen LogP contribution in [0.5, 0.6) is 0 Å². The molecular weight excluding hydrogens is 196 g/mol. The monoisotopic (exact) mass is 220 g/mol. The minimum atomic E-state index is 0.223. The first-order chi connectivity index (χ1) is 7.84. The van der Waals surface area contributed by atoms with Gasteiger partial charge in [0.15, 0.2) is 0 Å². The average Bonchev–Trinajstić information content (AvgIpc) is 2.29. The van der Waals surface area contributed by atoms with E-state index < -0.39 is 0 Å². The fourth-order valence-corrected chi connectivity index (χ4v) is 2.25. The van der Waals surface area contributed by atoms with E-state index in [0.717, 1.165) is 19.1 Å². The molecule has 0 aromatic carbocycles. The van der Waals surface area contributed by atoms with E-state index in [0.29, 0.717) is 5.92 Å². The van der Waals surface area contributed by atoms with Gasteiger partial charge < -0.3 is 4.79 Å². The lowest BCUT2D eigenvalue weighted by Gasteiger charge is -2.18. The maximum Gasteiger partial charge on any atom is 0.123 e. The van der Waals surface area contributed by atoms with E-state index in [-0.39, 0.29) is 5.92 Å². The maximum atomic E-state index is 10.8. The van der Waals surface area contributed by atoms with Gasteiger partial charge in [-0.05, 0) is 50.9 Å². The Bertz CT molecular complexity index is 240. The molecule has 0 heterocycles. The lowest BCUT2D eigenvalue weighted by Crippen LogP contribution is -2.13. The van der Waals surface area contributed by atoms with E-state index in [2.05, 4.69) is 31.2 Å².